The maximum absolute atomic E-state index is 14.6. The fraction of sp³-hybridized carbons (Fsp3) is 0.600. The lowest BCUT2D eigenvalue weighted by Crippen LogP contribution is -2.59. The van der Waals surface area contributed by atoms with Gasteiger partial charge >= 0.3 is 5.97 Å². The average molecular weight is 636 g/mol. The minimum Gasteiger partial charge on any atom is -0.455 e. The lowest BCUT2D eigenvalue weighted by atomic mass is 9.77. The smallest absolute Gasteiger partial charge is 0.313 e. The van der Waals surface area contributed by atoms with Crippen molar-refractivity contribution in [1.29, 1.82) is 0 Å². The number of ether oxygens (including phenoxy) is 3. The zero-order valence-electron chi connectivity index (χ0n) is 26.6. The summed E-state index contributed by atoms with van der Waals surface area (Å²) in [6.45, 7) is 1.83. The van der Waals surface area contributed by atoms with Gasteiger partial charge in [0.25, 0.3) is 0 Å². The van der Waals surface area contributed by atoms with Crippen LogP contribution >= 0.6 is 0 Å². The average Bonchev–Trinajstić information content (AvgIpc) is 3.46. The molecule has 46 heavy (non-hydrogen) atoms. The Morgan fingerprint density at radius 3 is 2.54 bits per heavy atom. The number of aliphatic hydroxyl groups excluding tert-OH is 1. The molecule has 1 aliphatic carbocycles. The van der Waals surface area contributed by atoms with Crippen LogP contribution in [-0.2, 0) is 33.4 Å². The third-order valence-corrected chi connectivity index (χ3v) is 10.3. The van der Waals surface area contributed by atoms with Gasteiger partial charge in [-0.2, -0.15) is 0 Å². The number of amides is 3. The van der Waals surface area contributed by atoms with Crippen molar-refractivity contribution in [3.8, 4) is 0 Å². The number of allylic oxidation sites excluding steroid dienone is 1. The summed E-state index contributed by atoms with van der Waals surface area (Å²) in [4.78, 5) is 59.9. The summed E-state index contributed by atoms with van der Waals surface area (Å²) in [7, 11) is 1.51. The van der Waals surface area contributed by atoms with Crippen LogP contribution < -0.4 is 5.32 Å². The topological polar surface area (TPSA) is 135 Å². The number of likely N-dealkylation sites (tertiary alicyclic amines) is 1. The van der Waals surface area contributed by atoms with Crippen molar-refractivity contribution in [3.63, 3.8) is 0 Å². The molecule has 11 nitrogen and oxygen atoms in total. The van der Waals surface area contributed by atoms with Gasteiger partial charge in [-0.05, 0) is 31.7 Å². The van der Waals surface area contributed by atoms with E-state index in [0.717, 1.165) is 32.1 Å². The van der Waals surface area contributed by atoms with Crippen molar-refractivity contribution in [1.82, 2.24) is 15.1 Å². The van der Waals surface area contributed by atoms with Crippen LogP contribution in [0, 0.1) is 11.8 Å². The number of carbonyl (C=O) groups is 4. The molecule has 3 fully saturated rings. The quantitative estimate of drug-likeness (QED) is 0.360. The van der Waals surface area contributed by atoms with Crippen molar-refractivity contribution in [2.24, 2.45) is 11.8 Å². The van der Waals surface area contributed by atoms with E-state index in [1.165, 1.54) is 12.0 Å². The van der Waals surface area contributed by atoms with E-state index in [9.17, 15) is 24.3 Å². The Bertz CT molecular complexity index is 1360. The Balaban J connectivity index is 1.43. The van der Waals surface area contributed by atoms with E-state index in [4.69, 9.17) is 14.2 Å². The number of nitrogens with zero attached hydrogens (tertiary/aromatic N) is 2. The van der Waals surface area contributed by atoms with E-state index in [2.05, 4.69) is 5.32 Å². The van der Waals surface area contributed by atoms with Gasteiger partial charge in [-0.3, -0.25) is 19.2 Å². The molecule has 4 aliphatic heterocycles. The fourth-order valence-electron chi connectivity index (χ4n) is 8.13. The highest BCUT2D eigenvalue weighted by Gasteiger charge is 2.72. The van der Waals surface area contributed by atoms with Gasteiger partial charge in [-0.25, -0.2) is 0 Å². The molecule has 6 rings (SSSR count). The number of carbonyl (C=O) groups excluding carboxylic acids is 4. The standard InChI is InChI=1S/C35H45N3O8/c1-22(20-39)38-31-33(42)37(24-14-7-4-8-15-24)19-11-18-35(31)29(32(38)41)28-26(46-35)16-9-10-17-27(40)36-25(21-44-2)30(45-34(28)43)23-12-5-3-6-13-23/h3,5-6,9,11-13,16,18,22,24-26,28-31,39H,4,7-8,10,14-15,17,19-21H2,1-2H3,(H,36,40)/b16-9-/t22-,25+,26+,28-,29-,30+,31+,35-/m1/s1. The van der Waals surface area contributed by atoms with Crippen LogP contribution in [0.5, 0.6) is 0 Å². The van der Waals surface area contributed by atoms with Gasteiger partial charge < -0.3 is 34.4 Å². The second-order valence-corrected chi connectivity index (χ2v) is 13.2. The highest BCUT2D eigenvalue weighted by Crippen LogP contribution is 2.54. The zero-order chi connectivity index (χ0) is 32.4. The Hall–Kier alpha value is -3.54. The fourth-order valence-corrected chi connectivity index (χ4v) is 8.13. The van der Waals surface area contributed by atoms with Gasteiger partial charge in [0.05, 0.1) is 37.3 Å². The predicted molar refractivity (Wildman–Crippen MR) is 167 cm³/mol. The van der Waals surface area contributed by atoms with Gasteiger partial charge in [0.1, 0.15) is 23.7 Å². The van der Waals surface area contributed by atoms with Crippen LogP contribution in [-0.4, -0.2) is 101 Å². The molecule has 1 aromatic rings. The van der Waals surface area contributed by atoms with Crippen LogP contribution in [0.25, 0.3) is 0 Å². The molecule has 3 amide bonds. The molecular weight excluding hydrogens is 590 g/mol. The van der Waals surface area contributed by atoms with Crippen molar-refractivity contribution in [3.05, 3.63) is 60.2 Å². The number of esters is 1. The van der Waals surface area contributed by atoms with E-state index in [0.29, 0.717) is 18.5 Å². The normalized spacial score (nSPS) is 35.2. The minimum absolute atomic E-state index is 0.0512. The van der Waals surface area contributed by atoms with E-state index >= 15 is 0 Å². The van der Waals surface area contributed by atoms with Crippen molar-refractivity contribution in [2.75, 3.05) is 26.9 Å². The number of cyclic esters (lactones) is 1. The highest BCUT2D eigenvalue weighted by molar-refractivity contribution is 5.99. The maximum atomic E-state index is 14.6. The number of aliphatic hydroxyl groups is 1. The molecule has 8 atom stereocenters. The number of nitrogens with one attached hydrogen (secondary N) is 1. The van der Waals surface area contributed by atoms with E-state index < -0.39 is 59.6 Å². The van der Waals surface area contributed by atoms with Crippen molar-refractivity contribution >= 4 is 23.7 Å². The maximum Gasteiger partial charge on any atom is 0.313 e. The molecule has 1 aromatic carbocycles. The molecule has 1 spiro atoms. The first kappa shape index (κ1) is 32.4. The summed E-state index contributed by atoms with van der Waals surface area (Å²) in [6, 6.07) is 6.76. The molecule has 0 unspecified atom stereocenters. The van der Waals surface area contributed by atoms with Gasteiger partial charge in [0.15, 0.2) is 0 Å². The molecule has 11 heteroatoms. The first-order valence-electron chi connectivity index (χ1n) is 16.6. The number of methoxy groups -OCH3 is 1. The molecule has 0 radical (unpaired) electrons. The van der Waals surface area contributed by atoms with E-state index in [1.807, 2.05) is 47.4 Å². The summed E-state index contributed by atoms with van der Waals surface area (Å²) in [5.41, 5.74) is -0.780. The van der Waals surface area contributed by atoms with E-state index in [-0.39, 0.29) is 37.5 Å². The van der Waals surface area contributed by atoms with Crippen LogP contribution in [0.1, 0.15) is 63.5 Å². The Labute approximate surface area is 269 Å². The first-order valence-corrected chi connectivity index (χ1v) is 16.6. The Kier molecular flexibility index (Phi) is 9.63. The second kappa shape index (κ2) is 13.7. The lowest BCUT2D eigenvalue weighted by molar-refractivity contribution is -0.163. The second-order valence-electron chi connectivity index (χ2n) is 13.2. The number of rotatable bonds is 6. The van der Waals surface area contributed by atoms with E-state index in [1.54, 1.807) is 19.1 Å². The first-order chi connectivity index (χ1) is 22.3. The summed E-state index contributed by atoms with van der Waals surface area (Å²) in [5.74, 6) is -3.66. The van der Waals surface area contributed by atoms with Gasteiger partial charge in [-0.15, -0.1) is 0 Å². The third-order valence-electron chi connectivity index (χ3n) is 10.3. The molecular formula is C35H45N3O8. The summed E-state index contributed by atoms with van der Waals surface area (Å²) < 4.78 is 18.5. The monoisotopic (exact) mass is 635 g/mol. The molecule has 0 bridgehead atoms. The molecule has 4 heterocycles. The highest BCUT2D eigenvalue weighted by atomic mass is 16.6. The minimum atomic E-state index is -1.44. The van der Waals surface area contributed by atoms with Crippen molar-refractivity contribution in [2.45, 2.75) is 93.8 Å². The number of hydrogen-bond donors (Lipinski definition) is 2. The number of fused-ring (bicyclic) bond motifs is 2. The molecule has 248 valence electrons. The molecule has 5 aliphatic rings. The van der Waals surface area contributed by atoms with Crippen LogP contribution in [0.4, 0.5) is 0 Å². The molecule has 2 saturated heterocycles. The summed E-state index contributed by atoms with van der Waals surface area (Å²) >= 11 is 0. The largest absolute Gasteiger partial charge is 0.455 e. The van der Waals surface area contributed by atoms with Crippen LogP contribution in [0.3, 0.4) is 0 Å². The van der Waals surface area contributed by atoms with Gasteiger partial charge in [0, 0.05) is 26.1 Å². The summed E-state index contributed by atoms with van der Waals surface area (Å²) in [6.07, 6.45) is 11.0. The Morgan fingerprint density at radius 1 is 1.07 bits per heavy atom. The molecule has 1 saturated carbocycles. The SMILES string of the molecule is COC[C@@H]1NC(=O)CC/C=C\[C@@H]2O[C@@]34C=CCN(C5CCCCC5)C(=O)[C@@H]3N([C@H](C)CO)C(=O)[C@H]4[C@@H]2C(=O)O[C@H]1c1ccccc1. The lowest BCUT2D eigenvalue weighted by Gasteiger charge is -2.40. The van der Waals surface area contributed by atoms with Gasteiger partial charge in [0.2, 0.25) is 17.7 Å². The van der Waals surface area contributed by atoms with Crippen LogP contribution in [0.15, 0.2) is 54.6 Å². The summed E-state index contributed by atoms with van der Waals surface area (Å²) in [5, 5.41) is 13.2. The molecule has 2 N–H and O–H groups in total. The Morgan fingerprint density at radius 2 is 1.83 bits per heavy atom. The third kappa shape index (κ3) is 5.77. The van der Waals surface area contributed by atoms with Gasteiger partial charge in [-0.1, -0.05) is 73.9 Å². The van der Waals surface area contributed by atoms with Crippen molar-refractivity contribution < 1.29 is 38.5 Å². The zero-order valence-corrected chi connectivity index (χ0v) is 26.6. The number of hydrogen-bond acceptors (Lipinski definition) is 8. The number of benzene rings is 1. The van der Waals surface area contributed by atoms with Crippen LogP contribution in [0.2, 0.25) is 0 Å². The molecule has 0 aromatic heterocycles. The predicted octanol–water partition coefficient (Wildman–Crippen LogP) is 2.44.